The maximum Gasteiger partial charge on any atom is 0.237 e. The zero-order valence-electron chi connectivity index (χ0n) is 12.1. The average Bonchev–Trinajstić information content (AvgIpc) is 2.81. The summed E-state index contributed by atoms with van der Waals surface area (Å²) in [5.41, 5.74) is 0. The zero-order valence-corrected chi connectivity index (χ0v) is 12.1. The molecule has 2 rings (SSSR count). The van der Waals surface area contributed by atoms with E-state index in [0.29, 0.717) is 31.3 Å². The summed E-state index contributed by atoms with van der Waals surface area (Å²) in [6.07, 6.45) is 2.33. The standard InChI is InChI=1S/C13H22N4O3/c1-3-10-13(18)14-6-4-7-17(10)9-11-15-12(20-16-11)5-8-19-2/h10H,3-9H2,1-2H3,(H,14,18)/t10-/m1/s1. The molecular formula is C13H22N4O3. The molecular weight excluding hydrogens is 260 g/mol. The van der Waals surface area contributed by atoms with Crippen molar-refractivity contribution in [3.8, 4) is 0 Å². The first-order valence-corrected chi connectivity index (χ1v) is 7.06. The average molecular weight is 282 g/mol. The Morgan fingerprint density at radius 3 is 3.15 bits per heavy atom. The maximum atomic E-state index is 12.0. The minimum Gasteiger partial charge on any atom is -0.384 e. The van der Waals surface area contributed by atoms with E-state index in [1.54, 1.807) is 7.11 Å². The van der Waals surface area contributed by atoms with E-state index in [4.69, 9.17) is 9.26 Å². The normalized spacial score (nSPS) is 20.7. The number of carbonyl (C=O) groups is 1. The van der Waals surface area contributed by atoms with Crippen molar-refractivity contribution >= 4 is 5.91 Å². The van der Waals surface area contributed by atoms with Gasteiger partial charge in [0.15, 0.2) is 5.82 Å². The number of methoxy groups -OCH3 is 1. The first-order chi connectivity index (χ1) is 9.74. The lowest BCUT2D eigenvalue weighted by Gasteiger charge is -2.25. The first-order valence-electron chi connectivity index (χ1n) is 7.06. The summed E-state index contributed by atoms with van der Waals surface area (Å²) in [6, 6.07) is -0.113. The van der Waals surface area contributed by atoms with Crippen LogP contribution >= 0.6 is 0 Å². The van der Waals surface area contributed by atoms with Crippen molar-refractivity contribution in [3.05, 3.63) is 11.7 Å². The summed E-state index contributed by atoms with van der Waals surface area (Å²) >= 11 is 0. The van der Waals surface area contributed by atoms with Crippen LogP contribution in [0.5, 0.6) is 0 Å². The van der Waals surface area contributed by atoms with Crippen LogP contribution in [0.3, 0.4) is 0 Å². The van der Waals surface area contributed by atoms with Crippen molar-refractivity contribution < 1.29 is 14.1 Å². The number of amides is 1. The second-order valence-corrected chi connectivity index (χ2v) is 4.89. The van der Waals surface area contributed by atoms with Gasteiger partial charge in [-0.2, -0.15) is 4.98 Å². The number of nitrogens with one attached hydrogen (secondary N) is 1. The van der Waals surface area contributed by atoms with Crippen molar-refractivity contribution in [1.82, 2.24) is 20.4 Å². The molecule has 1 fully saturated rings. The molecule has 2 heterocycles. The molecule has 1 aliphatic rings. The van der Waals surface area contributed by atoms with Crippen LogP contribution in [-0.2, 0) is 22.5 Å². The minimum absolute atomic E-state index is 0.0908. The molecule has 0 aliphatic carbocycles. The van der Waals surface area contributed by atoms with Gasteiger partial charge in [0.1, 0.15) is 0 Å². The molecule has 0 radical (unpaired) electrons. The van der Waals surface area contributed by atoms with Crippen LogP contribution in [-0.4, -0.2) is 53.8 Å². The summed E-state index contributed by atoms with van der Waals surface area (Å²) in [4.78, 5) is 18.4. The van der Waals surface area contributed by atoms with E-state index < -0.39 is 0 Å². The highest BCUT2D eigenvalue weighted by molar-refractivity contribution is 5.81. The van der Waals surface area contributed by atoms with E-state index in [1.807, 2.05) is 6.92 Å². The number of aromatic nitrogens is 2. The van der Waals surface area contributed by atoms with E-state index in [0.717, 1.165) is 25.9 Å². The summed E-state index contributed by atoms with van der Waals surface area (Å²) in [5, 5.41) is 6.91. The number of rotatable bonds is 6. The van der Waals surface area contributed by atoms with E-state index in [1.165, 1.54) is 0 Å². The third-order valence-electron chi connectivity index (χ3n) is 3.43. The van der Waals surface area contributed by atoms with Gasteiger partial charge in [-0.05, 0) is 12.8 Å². The van der Waals surface area contributed by atoms with Gasteiger partial charge in [-0.1, -0.05) is 12.1 Å². The van der Waals surface area contributed by atoms with Crippen LogP contribution in [0.4, 0.5) is 0 Å². The van der Waals surface area contributed by atoms with Crippen molar-refractivity contribution in [2.24, 2.45) is 0 Å². The third-order valence-corrected chi connectivity index (χ3v) is 3.43. The lowest BCUT2D eigenvalue weighted by atomic mass is 10.2. The van der Waals surface area contributed by atoms with Crippen LogP contribution in [0.1, 0.15) is 31.5 Å². The summed E-state index contributed by atoms with van der Waals surface area (Å²) in [6.45, 7) is 4.72. The van der Waals surface area contributed by atoms with Gasteiger partial charge >= 0.3 is 0 Å². The van der Waals surface area contributed by atoms with Gasteiger partial charge < -0.3 is 14.6 Å². The van der Waals surface area contributed by atoms with Crippen molar-refractivity contribution in [2.45, 2.75) is 38.8 Å². The van der Waals surface area contributed by atoms with Gasteiger partial charge in [0.2, 0.25) is 11.8 Å². The molecule has 0 unspecified atom stereocenters. The molecule has 1 N–H and O–H groups in total. The molecule has 0 bridgehead atoms. The Morgan fingerprint density at radius 1 is 1.55 bits per heavy atom. The smallest absolute Gasteiger partial charge is 0.237 e. The maximum absolute atomic E-state index is 12.0. The highest BCUT2D eigenvalue weighted by Crippen LogP contribution is 2.12. The molecule has 1 saturated heterocycles. The van der Waals surface area contributed by atoms with Gasteiger partial charge in [-0.25, -0.2) is 0 Å². The SMILES string of the molecule is CC[C@@H]1C(=O)NCCCN1Cc1noc(CCOC)n1. The molecule has 0 spiro atoms. The van der Waals surface area contributed by atoms with Gasteiger partial charge in [-0.15, -0.1) is 0 Å². The van der Waals surface area contributed by atoms with Crippen LogP contribution in [0.15, 0.2) is 4.52 Å². The quantitative estimate of drug-likeness (QED) is 0.811. The monoisotopic (exact) mass is 282 g/mol. The minimum atomic E-state index is -0.113. The van der Waals surface area contributed by atoms with E-state index in [9.17, 15) is 4.79 Å². The van der Waals surface area contributed by atoms with E-state index in [2.05, 4.69) is 20.4 Å². The number of hydrogen-bond acceptors (Lipinski definition) is 6. The molecule has 1 amide bonds. The second-order valence-electron chi connectivity index (χ2n) is 4.89. The summed E-state index contributed by atoms with van der Waals surface area (Å²) < 4.78 is 10.1. The number of nitrogens with zero attached hydrogens (tertiary/aromatic N) is 3. The first kappa shape index (κ1) is 14.9. The topological polar surface area (TPSA) is 80.5 Å². The van der Waals surface area contributed by atoms with Gasteiger partial charge in [0.05, 0.1) is 25.6 Å². The predicted molar refractivity (Wildman–Crippen MR) is 72.0 cm³/mol. The lowest BCUT2D eigenvalue weighted by Crippen LogP contribution is -2.43. The number of ether oxygens (including phenoxy) is 1. The lowest BCUT2D eigenvalue weighted by molar-refractivity contribution is -0.125. The fourth-order valence-corrected chi connectivity index (χ4v) is 2.39. The van der Waals surface area contributed by atoms with Gasteiger partial charge in [0, 0.05) is 20.2 Å². The highest BCUT2D eigenvalue weighted by atomic mass is 16.5. The molecule has 20 heavy (non-hydrogen) atoms. The fraction of sp³-hybridized carbons (Fsp3) is 0.769. The van der Waals surface area contributed by atoms with Crippen LogP contribution in [0.2, 0.25) is 0 Å². The Morgan fingerprint density at radius 2 is 2.40 bits per heavy atom. The Kier molecular flexibility index (Phi) is 5.49. The molecule has 0 saturated carbocycles. The van der Waals surface area contributed by atoms with E-state index in [-0.39, 0.29) is 11.9 Å². The summed E-state index contributed by atoms with van der Waals surface area (Å²) in [5.74, 6) is 1.30. The molecule has 1 aliphatic heterocycles. The Balaban J connectivity index is 1.99. The zero-order chi connectivity index (χ0) is 14.4. The molecule has 1 aromatic heterocycles. The van der Waals surface area contributed by atoms with Gasteiger partial charge in [-0.3, -0.25) is 9.69 Å². The molecule has 1 aromatic rings. The molecule has 1 atom stereocenters. The van der Waals surface area contributed by atoms with Crippen molar-refractivity contribution in [2.75, 3.05) is 26.8 Å². The van der Waals surface area contributed by atoms with Crippen molar-refractivity contribution in [3.63, 3.8) is 0 Å². The van der Waals surface area contributed by atoms with E-state index >= 15 is 0 Å². The van der Waals surface area contributed by atoms with Crippen LogP contribution in [0.25, 0.3) is 0 Å². The molecule has 7 nitrogen and oxygen atoms in total. The number of carbonyl (C=O) groups excluding carboxylic acids is 1. The molecule has 7 heteroatoms. The largest absolute Gasteiger partial charge is 0.384 e. The summed E-state index contributed by atoms with van der Waals surface area (Å²) in [7, 11) is 1.64. The fourth-order valence-electron chi connectivity index (χ4n) is 2.39. The predicted octanol–water partition coefficient (Wildman–Crippen LogP) is 0.359. The highest BCUT2D eigenvalue weighted by Gasteiger charge is 2.27. The molecule has 0 aromatic carbocycles. The van der Waals surface area contributed by atoms with Crippen LogP contribution in [0, 0.1) is 0 Å². The number of hydrogen-bond donors (Lipinski definition) is 1. The Bertz CT molecular complexity index is 435. The second kappa shape index (κ2) is 7.35. The van der Waals surface area contributed by atoms with Crippen LogP contribution < -0.4 is 5.32 Å². The molecule has 112 valence electrons. The van der Waals surface area contributed by atoms with Crippen molar-refractivity contribution in [1.29, 1.82) is 0 Å². The Hall–Kier alpha value is -1.47. The van der Waals surface area contributed by atoms with Gasteiger partial charge in [0.25, 0.3) is 0 Å². The Labute approximate surface area is 118 Å². The third kappa shape index (κ3) is 3.77.